The highest BCUT2D eigenvalue weighted by Crippen LogP contribution is 2.29. The summed E-state index contributed by atoms with van der Waals surface area (Å²) in [4.78, 5) is 12.2. The van der Waals surface area contributed by atoms with Gasteiger partial charge in [-0.1, -0.05) is 48.5 Å². The van der Waals surface area contributed by atoms with Crippen LogP contribution in [-0.2, 0) is 16.6 Å². The van der Waals surface area contributed by atoms with E-state index in [0.717, 1.165) is 16.0 Å². The van der Waals surface area contributed by atoms with E-state index in [1.165, 1.54) is 39.9 Å². The number of carboxylic acid groups (broad SMARTS) is 1. The molecule has 0 saturated carbocycles. The Morgan fingerprint density at radius 3 is 2.03 bits per heavy atom. The second-order valence-electron chi connectivity index (χ2n) is 6.83. The van der Waals surface area contributed by atoms with Crippen LogP contribution < -0.4 is 4.31 Å². The molecule has 7 heteroatoms. The van der Waals surface area contributed by atoms with Crippen molar-refractivity contribution >= 4 is 33.0 Å². The van der Waals surface area contributed by atoms with E-state index in [-0.39, 0.29) is 17.0 Å². The van der Waals surface area contributed by atoms with Crippen LogP contribution >= 0.6 is 11.3 Å². The Labute approximate surface area is 184 Å². The lowest BCUT2D eigenvalue weighted by Gasteiger charge is -2.24. The number of sulfonamides is 1. The fraction of sp³-hybridized carbons (Fsp3) is 0.0417. The highest BCUT2D eigenvalue weighted by Gasteiger charge is 2.26. The molecule has 0 amide bonds. The molecule has 0 spiro atoms. The monoisotopic (exact) mass is 449 g/mol. The molecule has 0 atom stereocenters. The summed E-state index contributed by atoms with van der Waals surface area (Å²) >= 11 is 1.46. The second-order valence-corrected chi connectivity index (χ2v) is 9.73. The Morgan fingerprint density at radius 1 is 0.806 bits per heavy atom. The Bertz CT molecular complexity index is 1270. The van der Waals surface area contributed by atoms with Gasteiger partial charge in [0.2, 0.25) is 0 Å². The molecule has 1 N–H and O–H groups in total. The van der Waals surface area contributed by atoms with Crippen LogP contribution in [0.2, 0.25) is 0 Å². The largest absolute Gasteiger partial charge is 0.478 e. The molecule has 0 saturated heterocycles. The van der Waals surface area contributed by atoms with Crippen molar-refractivity contribution in [1.29, 1.82) is 0 Å². The summed E-state index contributed by atoms with van der Waals surface area (Å²) < 4.78 is 28.4. The number of rotatable bonds is 7. The van der Waals surface area contributed by atoms with Gasteiger partial charge in [-0.25, -0.2) is 13.2 Å². The Balaban J connectivity index is 1.71. The summed E-state index contributed by atoms with van der Waals surface area (Å²) in [6, 6.07) is 26.1. The van der Waals surface area contributed by atoms with Gasteiger partial charge < -0.3 is 5.11 Å². The third kappa shape index (κ3) is 4.52. The van der Waals surface area contributed by atoms with Crippen LogP contribution in [0.15, 0.2) is 101 Å². The lowest BCUT2D eigenvalue weighted by Crippen LogP contribution is -2.30. The van der Waals surface area contributed by atoms with Crippen molar-refractivity contribution in [2.24, 2.45) is 0 Å². The van der Waals surface area contributed by atoms with Crippen molar-refractivity contribution in [3.05, 3.63) is 107 Å². The summed E-state index contributed by atoms with van der Waals surface area (Å²) in [6.07, 6.45) is 0. The maximum Gasteiger partial charge on any atom is 0.335 e. The first-order valence-electron chi connectivity index (χ1n) is 9.49. The van der Waals surface area contributed by atoms with Crippen molar-refractivity contribution in [2.45, 2.75) is 11.4 Å². The first-order chi connectivity index (χ1) is 14.9. The third-order valence-corrected chi connectivity index (χ3v) is 7.48. The maximum atomic E-state index is 13.5. The van der Waals surface area contributed by atoms with Gasteiger partial charge in [0.1, 0.15) is 0 Å². The molecule has 0 aliphatic carbocycles. The first-order valence-corrected chi connectivity index (χ1v) is 11.8. The molecule has 4 rings (SSSR count). The summed E-state index contributed by atoms with van der Waals surface area (Å²) in [6.45, 7) is 0.160. The quantitative estimate of drug-likeness (QED) is 0.404. The van der Waals surface area contributed by atoms with Gasteiger partial charge in [-0.2, -0.15) is 0 Å². The van der Waals surface area contributed by atoms with Gasteiger partial charge in [-0.05, 0) is 59.0 Å². The lowest BCUT2D eigenvalue weighted by atomic mass is 10.1. The zero-order valence-corrected chi connectivity index (χ0v) is 18.0. The first kappa shape index (κ1) is 20.8. The normalized spacial score (nSPS) is 11.2. The fourth-order valence-corrected chi connectivity index (χ4v) is 5.42. The number of hydrogen-bond acceptors (Lipinski definition) is 4. The number of hydrogen-bond donors (Lipinski definition) is 1. The predicted molar refractivity (Wildman–Crippen MR) is 123 cm³/mol. The molecule has 0 aliphatic heterocycles. The van der Waals surface area contributed by atoms with Crippen molar-refractivity contribution in [3.63, 3.8) is 0 Å². The molecule has 0 aliphatic rings. The van der Waals surface area contributed by atoms with Gasteiger partial charge in [-0.15, -0.1) is 11.3 Å². The molecule has 156 valence electrons. The van der Waals surface area contributed by atoms with Crippen LogP contribution in [0.3, 0.4) is 0 Å². The van der Waals surface area contributed by atoms with Crippen molar-refractivity contribution in [1.82, 2.24) is 0 Å². The van der Waals surface area contributed by atoms with Gasteiger partial charge in [0, 0.05) is 4.88 Å². The van der Waals surface area contributed by atoms with Crippen LogP contribution in [0.25, 0.3) is 11.1 Å². The predicted octanol–water partition coefficient (Wildman–Crippen LogP) is 5.51. The smallest absolute Gasteiger partial charge is 0.335 e. The number of anilines is 1. The van der Waals surface area contributed by atoms with E-state index >= 15 is 0 Å². The number of carbonyl (C=O) groups is 1. The molecule has 4 aromatic rings. The molecule has 0 fully saturated rings. The second kappa shape index (κ2) is 8.75. The summed E-state index contributed by atoms with van der Waals surface area (Å²) in [5, 5.41) is 11.0. The van der Waals surface area contributed by atoms with E-state index < -0.39 is 16.0 Å². The SMILES string of the molecule is O=C(O)c1ccc(N(Cc2cccs2)S(=O)(=O)c2ccc(-c3ccccc3)cc2)cc1. The molecule has 1 aromatic heterocycles. The van der Waals surface area contributed by atoms with Gasteiger partial charge in [0.05, 0.1) is 22.7 Å². The Hall–Kier alpha value is -3.42. The van der Waals surface area contributed by atoms with E-state index in [1.807, 2.05) is 47.8 Å². The van der Waals surface area contributed by atoms with Crippen LogP contribution in [0.4, 0.5) is 5.69 Å². The van der Waals surface area contributed by atoms with Crippen molar-refractivity contribution in [2.75, 3.05) is 4.31 Å². The lowest BCUT2D eigenvalue weighted by molar-refractivity contribution is 0.0697. The molecular formula is C24H19NO4S2. The van der Waals surface area contributed by atoms with Gasteiger partial charge in [0.25, 0.3) is 10.0 Å². The molecule has 0 bridgehead atoms. The van der Waals surface area contributed by atoms with Gasteiger partial charge >= 0.3 is 5.97 Å². The minimum absolute atomic E-state index is 0.101. The van der Waals surface area contributed by atoms with E-state index in [2.05, 4.69) is 0 Å². The molecular weight excluding hydrogens is 430 g/mol. The van der Waals surface area contributed by atoms with Crippen LogP contribution in [0.5, 0.6) is 0 Å². The zero-order valence-electron chi connectivity index (χ0n) is 16.4. The fourth-order valence-electron chi connectivity index (χ4n) is 3.21. The van der Waals surface area contributed by atoms with Gasteiger partial charge in [0.15, 0.2) is 0 Å². The Kier molecular flexibility index (Phi) is 5.88. The zero-order chi connectivity index (χ0) is 21.8. The van der Waals surface area contributed by atoms with Crippen molar-refractivity contribution < 1.29 is 18.3 Å². The molecule has 1 heterocycles. The average molecular weight is 450 g/mol. The van der Waals surface area contributed by atoms with Crippen LogP contribution in [-0.4, -0.2) is 19.5 Å². The van der Waals surface area contributed by atoms with Gasteiger partial charge in [-0.3, -0.25) is 4.31 Å². The average Bonchev–Trinajstić information content (AvgIpc) is 3.31. The number of thiophene rings is 1. The molecule has 0 unspecified atom stereocenters. The number of aromatic carboxylic acids is 1. The molecule has 5 nitrogen and oxygen atoms in total. The van der Waals surface area contributed by atoms with Crippen LogP contribution in [0, 0.1) is 0 Å². The van der Waals surface area contributed by atoms with E-state index in [9.17, 15) is 13.2 Å². The standard InChI is InChI=1S/C24H19NO4S2/c26-24(27)20-8-12-21(13-9-20)25(17-22-7-4-16-30-22)31(28,29)23-14-10-19(11-15-23)18-5-2-1-3-6-18/h1-16H,17H2,(H,26,27). The minimum Gasteiger partial charge on any atom is -0.478 e. The number of benzene rings is 3. The van der Waals surface area contributed by atoms with Crippen LogP contribution in [0.1, 0.15) is 15.2 Å². The van der Waals surface area contributed by atoms with E-state index in [1.54, 1.807) is 24.3 Å². The number of nitrogens with zero attached hydrogens (tertiary/aromatic N) is 1. The molecule has 3 aromatic carbocycles. The highest BCUT2D eigenvalue weighted by atomic mass is 32.2. The topological polar surface area (TPSA) is 74.7 Å². The summed E-state index contributed by atoms with van der Waals surface area (Å²) in [7, 11) is -3.87. The molecule has 31 heavy (non-hydrogen) atoms. The number of carboxylic acids is 1. The molecule has 0 radical (unpaired) electrons. The summed E-state index contributed by atoms with van der Waals surface area (Å²) in [5.74, 6) is -1.06. The third-order valence-electron chi connectivity index (χ3n) is 4.83. The van der Waals surface area contributed by atoms with E-state index in [4.69, 9.17) is 5.11 Å². The summed E-state index contributed by atoms with van der Waals surface area (Å²) in [5.41, 5.74) is 2.44. The highest BCUT2D eigenvalue weighted by molar-refractivity contribution is 7.92. The van der Waals surface area contributed by atoms with Crippen molar-refractivity contribution in [3.8, 4) is 11.1 Å². The Morgan fingerprint density at radius 2 is 1.45 bits per heavy atom. The maximum absolute atomic E-state index is 13.5. The minimum atomic E-state index is -3.87. The van der Waals surface area contributed by atoms with E-state index in [0.29, 0.717) is 5.69 Å².